The van der Waals surface area contributed by atoms with Crippen LogP contribution in [0, 0.1) is 0 Å². The van der Waals surface area contributed by atoms with Crippen molar-refractivity contribution in [3.05, 3.63) is 59.0 Å². The summed E-state index contributed by atoms with van der Waals surface area (Å²) in [4.78, 5) is 11.9. The molecule has 0 bridgehead atoms. The SMILES string of the molecule is CCc1ccc(C(=O)NCc2ccccc2CN)o1. The topological polar surface area (TPSA) is 68.3 Å². The smallest absolute Gasteiger partial charge is 0.287 e. The highest BCUT2D eigenvalue weighted by Crippen LogP contribution is 2.10. The molecular weight excluding hydrogens is 240 g/mol. The number of hydrogen-bond acceptors (Lipinski definition) is 3. The average Bonchev–Trinajstić information content (AvgIpc) is 2.94. The Morgan fingerprint density at radius 1 is 1.21 bits per heavy atom. The second kappa shape index (κ2) is 6.20. The van der Waals surface area contributed by atoms with Gasteiger partial charge in [-0.05, 0) is 23.3 Å². The molecule has 0 aliphatic heterocycles. The van der Waals surface area contributed by atoms with Gasteiger partial charge in [-0.3, -0.25) is 4.79 Å². The highest BCUT2D eigenvalue weighted by Gasteiger charge is 2.10. The number of aryl methyl sites for hydroxylation is 1. The van der Waals surface area contributed by atoms with Crippen molar-refractivity contribution in [2.24, 2.45) is 5.73 Å². The number of nitrogens with one attached hydrogen (secondary N) is 1. The van der Waals surface area contributed by atoms with Gasteiger partial charge in [0.25, 0.3) is 5.91 Å². The Bertz CT molecular complexity index is 561. The van der Waals surface area contributed by atoms with E-state index in [1.807, 2.05) is 37.3 Å². The van der Waals surface area contributed by atoms with Gasteiger partial charge in [-0.1, -0.05) is 31.2 Å². The monoisotopic (exact) mass is 258 g/mol. The van der Waals surface area contributed by atoms with E-state index >= 15 is 0 Å². The van der Waals surface area contributed by atoms with E-state index in [1.165, 1.54) is 0 Å². The summed E-state index contributed by atoms with van der Waals surface area (Å²) in [7, 11) is 0. The quantitative estimate of drug-likeness (QED) is 0.864. The van der Waals surface area contributed by atoms with Crippen LogP contribution in [0.3, 0.4) is 0 Å². The Kier molecular flexibility index (Phi) is 4.36. The first kappa shape index (κ1) is 13.4. The molecule has 0 aliphatic rings. The largest absolute Gasteiger partial charge is 0.456 e. The van der Waals surface area contributed by atoms with Crippen LogP contribution in [0.5, 0.6) is 0 Å². The molecule has 4 nitrogen and oxygen atoms in total. The predicted octanol–water partition coefficient (Wildman–Crippen LogP) is 2.23. The maximum absolute atomic E-state index is 11.9. The molecule has 0 fully saturated rings. The zero-order chi connectivity index (χ0) is 13.7. The van der Waals surface area contributed by atoms with Crippen molar-refractivity contribution in [3.8, 4) is 0 Å². The molecule has 4 heteroatoms. The van der Waals surface area contributed by atoms with Crippen LogP contribution in [0.4, 0.5) is 0 Å². The minimum atomic E-state index is -0.202. The minimum absolute atomic E-state index is 0.202. The zero-order valence-corrected chi connectivity index (χ0v) is 11.0. The van der Waals surface area contributed by atoms with Gasteiger partial charge in [0.2, 0.25) is 0 Å². The van der Waals surface area contributed by atoms with Crippen LogP contribution < -0.4 is 11.1 Å². The summed E-state index contributed by atoms with van der Waals surface area (Å²) >= 11 is 0. The molecule has 1 aromatic carbocycles. The van der Waals surface area contributed by atoms with Crippen LogP contribution in [0.15, 0.2) is 40.8 Å². The normalized spacial score (nSPS) is 10.4. The molecule has 1 heterocycles. The number of furan rings is 1. The van der Waals surface area contributed by atoms with Gasteiger partial charge in [-0.15, -0.1) is 0 Å². The number of rotatable bonds is 5. The van der Waals surface area contributed by atoms with Crippen LogP contribution in [-0.2, 0) is 19.5 Å². The first-order valence-corrected chi connectivity index (χ1v) is 6.38. The van der Waals surface area contributed by atoms with Crippen molar-refractivity contribution in [2.45, 2.75) is 26.4 Å². The van der Waals surface area contributed by atoms with Gasteiger partial charge in [0.1, 0.15) is 5.76 Å². The number of nitrogens with two attached hydrogens (primary N) is 1. The summed E-state index contributed by atoms with van der Waals surface area (Å²) in [5, 5.41) is 2.84. The molecule has 1 amide bonds. The molecule has 0 spiro atoms. The summed E-state index contributed by atoms with van der Waals surface area (Å²) in [6.45, 7) is 2.90. The van der Waals surface area contributed by atoms with E-state index in [4.69, 9.17) is 10.2 Å². The van der Waals surface area contributed by atoms with Gasteiger partial charge < -0.3 is 15.5 Å². The molecule has 1 aromatic heterocycles. The fraction of sp³-hybridized carbons (Fsp3) is 0.267. The lowest BCUT2D eigenvalue weighted by molar-refractivity contribution is 0.0921. The molecule has 3 N–H and O–H groups in total. The minimum Gasteiger partial charge on any atom is -0.456 e. The number of benzene rings is 1. The second-order valence-corrected chi connectivity index (χ2v) is 4.28. The Hall–Kier alpha value is -2.07. The Labute approximate surface area is 112 Å². The molecule has 0 saturated carbocycles. The number of carbonyl (C=O) groups excluding carboxylic acids is 1. The van der Waals surface area contributed by atoms with Gasteiger partial charge in [0, 0.05) is 19.5 Å². The molecular formula is C15H18N2O2. The summed E-state index contributed by atoms with van der Waals surface area (Å²) < 4.78 is 5.40. The molecule has 19 heavy (non-hydrogen) atoms. The lowest BCUT2D eigenvalue weighted by Crippen LogP contribution is -2.23. The Morgan fingerprint density at radius 3 is 2.58 bits per heavy atom. The fourth-order valence-corrected chi connectivity index (χ4v) is 1.88. The molecule has 0 radical (unpaired) electrons. The van der Waals surface area contributed by atoms with Crippen LogP contribution in [0.1, 0.15) is 34.4 Å². The maximum atomic E-state index is 11.9. The van der Waals surface area contributed by atoms with E-state index in [2.05, 4.69) is 5.32 Å². The van der Waals surface area contributed by atoms with E-state index in [-0.39, 0.29) is 5.91 Å². The fourth-order valence-electron chi connectivity index (χ4n) is 1.88. The van der Waals surface area contributed by atoms with Crippen LogP contribution in [-0.4, -0.2) is 5.91 Å². The Balaban J connectivity index is 2.00. The Morgan fingerprint density at radius 2 is 1.95 bits per heavy atom. The molecule has 0 aliphatic carbocycles. The molecule has 0 saturated heterocycles. The highest BCUT2D eigenvalue weighted by molar-refractivity contribution is 5.91. The third kappa shape index (κ3) is 3.23. The first-order chi connectivity index (χ1) is 9.24. The van der Waals surface area contributed by atoms with Crippen molar-refractivity contribution >= 4 is 5.91 Å². The third-order valence-electron chi connectivity index (χ3n) is 3.01. The van der Waals surface area contributed by atoms with E-state index in [0.29, 0.717) is 18.8 Å². The maximum Gasteiger partial charge on any atom is 0.287 e. The van der Waals surface area contributed by atoms with Crippen LogP contribution in [0.25, 0.3) is 0 Å². The molecule has 100 valence electrons. The summed E-state index contributed by atoms with van der Waals surface area (Å²) in [5.41, 5.74) is 7.73. The average molecular weight is 258 g/mol. The first-order valence-electron chi connectivity index (χ1n) is 6.38. The van der Waals surface area contributed by atoms with Crippen molar-refractivity contribution in [2.75, 3.05) is 0 Å². The standard InChI is InChI=1S/C15H18N2O2/c1-2-13-7-8-14(19-13)15(18)17-10-12-6-4-3-5-11(12)9-16/h3-8H,2,9-10,16H2,1H3,(H,17,18). The third-order valence-corrected chi connectivity index (χ3v) is 3.01. The highest BCUT2D eigenvalue weighted by atomic mass is 16.3. The van der Waals surface area contributed by atoms with Crippen molar-refractivity contribution in [1.82, 2.24) is 5.32 Å². The van der Waals surface area contributed by atoms with Crippen molar-refractivity contribution in [3.63, 3.8) is 0 Å². The van der Waals surface area contributed by atoms with Gasteiger partial charge in [0.05, 0.1) is 0 Å². The van der Waals surface area contributed by atoms with E-state index in [9.17, 15) is 4.79 Å². The lowest BCUT2D eigenvalue weighted by atomic mass is 10.1. The van der Waals surface area contributed by atoms with E-state index in [1.54, 1.807) is 6.07 Å². The van der Waals surface area contributed by atoms with Crippen molar-refractivity contribution < 1.29 is 9.21 Å². The van der Waals surface area contributed by atoms with E-state index in [0.717, 1.165) is 23.3 Å². The number of carbonyl (C=O) groups is 1. The molecule has 2 aromatic rings. The van der Waals surface area contributed by atoms with Gasteiger partial charge >= 0.3 is 0 Å². The predicted molar refractivity (Wildman–Crippen MR) is 73.6 cm³/mol. The summed E-state index contributed by atoms with van der Waals surface area (Å²) in [6.07, 6.45) is 0.781. The number of amides is 1. The number of hydrogen-bond donors (Lipinski definition) is 2. The molecule has 2 rings (SSSR count). The second-order valence-electron chi connectivity index (χ2n) is 4.28. The van der Waals surface area contributed by atoms with Crippen LogP contribution >= 0.6 is 0 Å². The summed E-state index contributed by atoms with van der Waals surface area (Å²) in [6, 6.07) is 11.3. The van der Waals surface area contributed by atoms with Crippen molar-refractivity contribution in [1.29, 1.82) is 0 Å². The summed E-state index contributed by atoms with van der Waals surface area (Å²) in [5.74, 6) is 0.959. The van der Waals surface area contributed by atoms with Gasteiger partial charge in [-0.25, -0.2) is 0 Å². The van der Waals surface area contributed by atoms with E-state index < -0.39 is 0 Å². The molecule has 0 atom stereocenters. The lowest BCUT2D eigenvalue weighted by Gasteiger charge is -2.08. The molecule has 0 unspecified atom stereocenters. The van der Waals surface area contributed by atoms with Gasteiger partial charge in [-0.2, -0.15) is 0 Å². The zero-order valence-electron chi connectivity index (χ0n) is 11.0. The van der Waals surface area contributed by atoms with Crippen LogP contribution in [0.2, 0.25) is 0 Å². The van der Waals surface area contributed by atoms with Gasteiger partial charge in [0.15, 0.2) is 5.76 Å².